The molecule has 23 heavy (non-hydrogen) atoms. The van der Waals surface area contributed by atoms with Gasteiger partial charge in [-0.15, -0.1) is 0 Å². The molecule has 0 saturated heterocycles. The lowest BCUT2D eigenvalue weighted by Crippen LogP contribution is -2.36. The highest BCUT2D eigenvalue weighted by molar-refractivity contribution is 7.85. The molecule has 1 N–H and O–H groups in total. The van der Waals surface area contributed by atoms with Crippen molar-refractivity contribution in [3.8, 4) is 11.5 Å². The molecule has 1 aromatic carbocycles. The third kappa shape index (κ3) is 4.51. The maximum Gasteiger partial charge on any atom is 0.235 e. The van der Waals surface area contributed by atoms with E-state index in [1.54, 1.807) is 13.8 Å². The second-order valence-electron chi connectivity index (χ2n) is 5.35. The molecule has 2 atom stereocenters. The van der Waals surface area contributed by atoms with Crippen LogP contribution in [0, 0.1) is 6.92 Å². The number of rotatable bonds is 7. The van der Waals surface area contributed by atoms with Gasteiger partial charge in [0, 0.05) is 22.9 Å². The lowest BCUT2D eigenvalue weighted by atomic mass is 10.2. The summed E-state index contributed by atoms with van der Waals surface area (Å²) in [4.78, 5) is 16.3. The highest BCUT2D eigenvalue weighted by atomic mass is 32.2. The topological polar surface area (TPSA) is 72.2 Å². The Labute approximate surface area is 139 Å². The molecule has 2 unspecified atom stereocenters. The summed E-state index contributed by atoms with van der Waals surface area (Å²) in [5.74, 6) is 1.18. The van der Waals surface area contributed by atoms with Crippen LogP contribution in [0.5, 0.6) is 0 Å². The molecule has 5 nitrogen and oxygen atoms in total. The molecular weight excluding hydrogens is 312 g/mol. The first-order valence-corrected chi connectivity index (χ1v) is 9.07. The van der Waals surface area contributed by atoms with E-state index in [4.69, 9.17) is 4.42 Å². The molecule has 1 amide bonds. The Kier molecular flexibility index (Phi) is 6.10. The van der Waals surface area contributed by atoms with Gasteiger partial charge in [0.05, 0.1) is 11.4 Å². The third-order valence-electron chi connectivity index (χ3n) is 3.51. The quantitative estimate of drug-likeness (QED) is 0.845. The molecule has 1 heterocycles. The molecule has 0 fully saturated rings. The van der Waals surface area contributed by atoms with Crippen LogP contribution in [0.4, 0.5) is 0 Å². The lowest BCUT2D eigenvalue weighted by Gasteiger charge is -2.10. The zero-order valence-corrected chi connectivity index (χ0v) is 14.5. The summed E-state index contributed by atoms with van der Waals surface area (Å²) in [5.41, 5.74) is 1.51. The largest absolute Gasteiger partial charge is 0.441 e. The van der Waals surface area contributed by atoms with Gasteiger partial charge >= 0.3 is 0 Å². The first-order chi connectivity index (χ1) is 11.0. The smallest absolute Gasteiger partial charge is 0.235 e. The van der Waals surface area contributed by atoms with Crippen LogP contribution in [0.3, 0.4) is 0 Å². The molecule has 0 radical (unpaired) electrons. The minimum atomic E-state index is -1.34. The first kappa shape index (κ1) is 17.4. The number of carbonyl (C=O) groups is 1. The summed E-state index contributed by atoms with van der Waals surface area (Å²) >= 11 is 0. The number of aryl methyl sites for hydroxylation is 1. The van der Waals surface area contributed by atoms with Crippen LogP contribution in [0.15, 0.2) is 34.7 Å². The van der Waals surface area contributed by atoms with Gasteiger partial charge in [0.25, 0.3) is 0 Å². The monoisotopic (exact) mass is 334 g/mol. The van der Waals surface area contributed by atoms with Crippen LogP contribution in [-0.2, 0) is 21.3 Å². The zero-order valence-electron chi connectivity index (χ0n) is 13.7. The number of hydrogen-bond donors (Lipinski definition) is 1. The summed E-state index contributed by atoms with van der Waals surface area (Å²) in [5, 5.41) is 2.20. The van der Waals surface area contributed by atoms with Gasteiger partial charge in [-0.25, -0.2) is 4.98 Å². The molecule has 0 spiro atoms. The predicted molar refractivity (Wildman–Crippen MR) is 91.3 cm³/mol. The zero-order chi connectivity index (χ0) is 16.8. The van der Waals surface area contributed by atoms with E-state index in [9.17, 15) is 9.00 Å². The van der Waals surface area contributed by atoms with Crippen molar-refractivity contribution in [2.45, 2.75) is 38.2 Å². The van der Waals surface area contributed by atoms with Crippen molar-refractivity contribution in [2.75, 3.05) is 6.54 Å². The van der Waals surface area contributed by atoms with Crippen molar-refractivity contribution < 1.29 is 13.4 Å². The van der Waals surface area contributed by atoms with E-state index in [-0.39, 0.29) is 11.7 Å². The minimum absolute atomic E-state index is 0.186. The SMILES string of the molecule is CCCNC(=O)C(C)S(=O)Cc1nc(-c2ccccc2)oc1C. The molecule has 0 aliphatic heterocycles. The summed E-state index contributed by atoms with van der Waals surface area (Å²) in [6.45, 7) is 6.05. The molecule has 0 aliphatic rings. The number of nitrogens with zero attached hydrogens (tertiary/aromatic N) is 1. The maximum absolute atomic E-state index is 12.4. The molecule has 0 saturated carbocycles. The molecular formula is C17H22N2O3S. The molecule has 0 bridgehead atoms. The number of hydrogen-bond acceptors (Lipinski definition) is 4. The average Bonchev–Trinajstić information content (AvgIpc) is 2.93. The molecule has 0 aliphatic carbocycles. The van der Waals surface area contributed by atoms with Crippen LogP contribution >= 0.6 is 0 Å². The normalized spacial score (nSPS) is 13.5. The number of oxazole rings is 1. The van der Waals surface area contributed by atoms with E-state index < -0.39 is 16.0 Å². The van der Waals surface area contributed by atoms with E-state index in [1.165, 1.54) is 0 Å². The Bertz CT molecular complexity index is 682. The number of amides is 1. The van der Waals surface area contributed by atoms with Gasteiger partial charge in [-0.2, -0.15) is 0 Å². The fourth-order valence-electron chi connectivity index (χ4n) is 2.04. The van der Waals surface area contributed by atoms with Gasteiger partial charge in [-0.3, -0.25) is 9.00 Å². The number of benzene rings is 1. The molecule has 6 heteroatoms. The van der Waals surface area contributed by atoms with Gasteiger partial charge in [-0.1, -0.05) is 25.1 Å². The molecule has 2 aromatic rings. The standard InChI is InChI=1S/C17H22N2O3S/c1-4-10-18-16(20)13(3)23(21)11-15-12(2)22-17(19-15)14-8-6-5-7-9-14/h5-9,13H,4,10-11H2,1-3H3,(H,18,20). The van der Waals surface area contributed by atoms with Crippen molar-refractivity contribution >= 4 is 16.7 Å². The summed E-state index contributed by atoms with van der Waals surface area (Å²) in [6.07, 6.45) is 0.855. The second kappa shape index (κ2) is 8.06. The van der Waals surface area contributed by atoms with E-state index >= 15 is 0 Å². The summed E-state index contributed by atoms with van der Waals surface area (Å²) in [7, 11) is -1.34. The second-order valence-corrected chi connectivity index (χ2v) is 7.10. The third-order valence-corrected chi connectivity index (χ3v) is 5.07. The Morgan fingerprint density at radius 1 is 1.35 bits per heavy atom. The van der Waals surface area contributed by atoms with Crippen LogP contribution in [0.1, 0.15) is 31.7 Å². The van der Waals surface area contributed by atoms with Crippen molar-refractivity contribution in [3.63, 3.8) is 0 Å². The van der Waals surface area contributed by atoms with E-state index in [0.717, 1.165) is 12.0 Å². The Hall–Kier alpha value is -1.95. The van der Waals surface area contributed by atoms with Gasteiger partial charge < -0.3 is 9.73 Å². The Morgan fingerprint density at radius 2 is 2.04 bits per heavy atom. The number of nitrogens with one attached hydrogen (secondary N) is 1. The Balaban J connectivity index is 2.07. The van der Waals surface area contributed by atoms with Gasteiger partial charge in [0.1, 0.15) is 11.0 Å². The molecule has 1 aromatic heterocycles. The van der Waals surface area contributed by atoms with Crippen LogP contribution in [-0.4, -0.2) is 26.9 Å². The summed E-state index contributed by atoms with van der Waals surface area (Å²) < 4.78 is 18.0. The van der Waals surface area contributed by atoms with E-state index in [2.05, 4.69) is 10.3 Å². The highest BCUT2D eigenvalue weighted by Crippen LogP contribution is 2.22. The van der Waals surface area contributed by atoms with Crippen molar-refractivity contribution in [1.29, 1.82) is 0 Å². The van der Waals surface area contributed by atoms with Gasteiger partial charge in [0.2, 0.25) is 11.8 Å². The van der Waals surface area contributed by atoms with E-state index in [1.807, 2.05) is 37.3 Å². The molecule has 2 rings (SSSR count). The average molecular weight is 334 g/mol. The highest BCUT2D eigenvalue weighted by Gasteiger charge is 2.22. The minimum Gasteiger partial charge on any atom is -0.441 e. The Morgan fingerprint density at radius 3 is 2.70 bits per heavy atom. The van der Waals surface area contributed by atoms with Crippen molar-refractivity contribution in [2.24, 2.45) is 0 Å². The fourth-order valence-corrected chi connectivity index (χ4v) is 3.15. The van der Waals surface area contributed by atoms with Gasteiger partial charge in [-0.05, 0) is 32.4 Å². The number of carbonyl (C=O) groups excluding carboxylic acids is 1. The van der Waals surface area contributed by atoms with Crippen LogP contribution in [0.2, 0.25) is 0 Å². The molecule has 124 valence electrons. The van der Waals surface area contributed by atoms with Crippen LogP contribution < -0.4 is 5.32 Å². The van der Waals surface area contributed by atoms with Crippen LogP contribution in [0.25, 0.3) is 11.5 Å². The first-order valence-electron chi connectivity index (χ1n) is 7.69. The van der Waals surface area contributed by atoms with E-state index in [0.29, 0.717) is 23.9 Å². The maximum atomic E-state index is 12.4. The number of aromatic nitrogens is 1. The summed E-state index contributed by atoms with van der Waals surface area (Å²) in [6, 6.07) is 9.56. The predicted octanol–water partition coefficient (Wildman–Crippen LogP) is 2.81. The van der Waals surface area contributed by atoms with Crippen molar-refractivity contribution in [1.82, 2.24) is 10.3 Å². The van der Waals surface area contributed by atoms with Crippen molar-refractivity contribution in [3.05, 3.63) is 41.8 Å². The van der Waals surface area contributed by atoms with Gasteiger partial charge in [0.15, 0.2) is 0 Å². The lowest BCUT2D eigenvalue weighted by molar-refractivity contribution is -0.120. The fraction of sp³-hybridized carbons (Fsp3) is 0.412.